The van der Waals surface area contributed by atoms with E-state index in [0.717, 1.165) is 30.7 Å². The van der Waals surface area contributed by atoms with Crippen LogP contribution in [0.25, 0.3) is 5.69 Å². The molecule has 3 aromatic rings. The molecule has 5 rings (SSSR count). The van der Waals surface area contributed by atoms with Gasteiger partial charge in [0.25, 0.3) is 10.0 Å². The summed E-state index contributed by atoms with van der Waals surface area (Å²) in [4.78, 5) is 12.9. The number of rotatable bonds is 9. The van der Waals surface area contributed by atoms with Gasteiger partial charge in [-0.3, -0.25) is 4.72 Å². The van der Waals surface area contributed by atoms with Crippen molar-refractivity contribution in [2.45, 2.75) is 68.9 Å². The Kier molecular flexibility index (Phi) is 7.10. The first-order chi connectivity index (χ1) is 17.4. The number of nitrogens with zero attached hydrogens (tertiary/aromatic N) is 4. The third-order valence-corrected chi connectivity index (χ3v) is 8.47. The van der Waals surface area contributed by atoms with E-state index in [9.17, 15) is 13.2 Å². The van der Waals surface area contributed by atoms with E-state index in [4.69, 9.17) is 10.5 Å². The second kappa shape index (κ2) is 10.4. The van der Waals surface area contributed by atoms with Crippen molar-refractivity contribution >= 4 is 15.7 Å². The lowest BCUT2D eigenvalue weighted by atomic mass is 10.0. The van der Waals surface area contributed by atoms with E-state index < -0.39 is 10.0 Å². The van der Waals surface area contributed by atoms with Gasteiger partial charge in [0.05, 0.1) is 10.6 Å². The van der Waals surface area contributed by atoms with Crippen molar-refractivity contribution in [3.63, 3.8) is 0 Å². The minimum atomic E-state index is -3.80. The molecule has 10 nitrogen and oxygen atoms in total. The predicted molar refractivity (Wildman–Crippen MR) is 136 cm³/mol. The lowest BCUT2D eigenvalue weighted by Gasteiger charge is -2.25. The quantitative estimate of drug-likeness (QED) is 0.450. The molecule has 192 valence electrons. The van der Waals surface area contributed by atoms with Crippen LogP contribution in [-0.2, 0) is 23.0 Å². The van der Waals surface area contributed by atoms with Gasteiger partial charge in [-0.2, -0.15) is 9.36 Å². The molecule has 3 N–H and O–H groups in total. The first kappa shape index (κ1) is 24.5. The van der Waals surface area contributed by atoms with E-state index in [1.54, 1.807) is 36.4 Å². The zero-order valence-corrected chi connectivity index (χ0v) is 21.0. The van der Waals surface area contributed by atoms with Gasteiger partial charge in [-0.05, 0) is 90.1 Å². The number of benzene rings is 2. The number of tetrazole rings is 1. The molecule has 2 heterocycles. The van der Waals surface area contributed by atoms with Crippen molar-refractivity contribution in [1.29, 1.82) is 0 Å². The number of nitrogens with one attached hydrogen (secondary N) is 1. The zero-order valence-electron chi connectivity index (χ0n) is 20.2. The molecule has 0 radical (unpaired) electrons. The average Bonchev–Trinajstić information content (AvgIpc) is 3.54. The van der Waals surface area contributed by atoms with Gasteiger partial charge >= 0.3 is 5.69 Å². The molecule has 1 unspecified atom stereocenters. The largest absolute Gasteiger partial charge is 0.489 e. The minimum Gasteiger partial charge on any atom is -0.489 e. The molecule has 0 spiro atoms. The number of hydrogen-bond donors (Lipinski definition) is 2. The summed E-state index contributed by atoms with van der Waals surface area (Å²) in [5, 5.41) is 8.01. The van der Waals surface area contributed by atoms with Crippen LogP contribution in [0.15, 0.2) is 52.2 Å². The van der Waals surface area contributed by atoms with E-state index in [1.807, 2.05) is 0 Å². The average molecular weight is 513 g/mol. The highest BCUT2D eigenvalue weighted by Gasteiger charge is 2.22. The van der Waals surface area contributed by atoms with Gasteiger partial charge in [-0.25, -0.2) is 13.2 Å². The fourth-order valence-corrected chi connectivity index (χ4v) is 6.15. The molecule has 1 aromatic heterocycles. The molecule has 1 fully saturated rings. The lowest BCUT2D eigenvalue weighted by molar-refractivity contribution is 0.181. The van der Waals surface area contributed by atoms with Crippen molar-refractivity contribution in [3.8, 4) is 11.4 Å². The van der Waals surface area contributed by atoms with E-state index in [0.29, 0.717) is 36.6 Å². The summed E-state index contributed by atoms with van der Waals surface area (Å²) >= 11 is 0. The summed E-state index contributed by atoms with van der Waals surface area (Å²) in [5.41, 5.74) is 7.13. The maximum Gasteiger partial charge on any atom is 0.368 e. The molecule has 0 amide bonds. The number of nitrogens with two attached hydrogens (primary N) is 1. The van der Waals surface area contributed by atoms with Crippen LogP contribution < -0.4 is 20.9 Å². The highest BCUT2D eigenvalue weighted by molar-refractivity contribution is 7.92. The standard InChI is InChI=1S/C25H32N6O4S/c26-17-22-12-7-19-16-23(13-14-24(19)35-22)36(33,34)27-20-8-10-21(11-9-20)31-25(32)30(28-29-31)15-3-6-18-4-1-2-5-18/h8-11,13-14,16,18,22,27H,1-7,12,15,17,26H2. The molecule has 1 aliphatic heterocycles. The third-order valence-electron chi connectivity index (χ3n) is 7.09. The first-order valence-electron chi connectivity index (χ1n) is 12.6. The van der Waals surface area contributed by atoms with Gasteiger partial charge in [-0.15, -0.1) is 0 Å². The fraction of sp³-hybridized carbons (Fsp3) is 0.480. The molecule has 1 saturated carbocycles. The molecule has 36 heavy (non-hydrogen) atoms. The summed E-state index contributed by atoms with van der Waals surface area (Å²) < 4.78 is 36.9. The van der Waals surface area contributed by atoms with E-state index in [1.165, 1.54) is 41.1 Å². The highest BCUT2D eigenvalue weighted by Crippen LogP contribution is 2.30. The van der Waals surface area contributed by atoms with Gasteiger partial charge in [-0.1, -0.05) is 25.7 Å². The Labute approximate surface area is 210 Å². The Morgan fingerprint density at radius 2 is 1.83 bits per heavy atom. The molecule has 11 heteroatoms. The van der Waals surface area contributed by atoms with Crippen molar-refractivity contribution in [1.82, 2.24) is 19.8 Å². The Bertz CT molecular complexity index is 1360. The third kappa shape index (κ3) is 5.31. The Morgan fingerprint density at radius 1 is 1.06 bits per heavy atom. The Hall–Kier alpha value is -3.18. The monoisotopic (exact) mass is 512 g/mol. The molecule has 1 atom stereocenters. The molecule has 1 aliphatic carbocycles. The van der Waals surface area contributed by atoms with Gasteiger partial charge in [0.15, 0.2) is 0 Å². The number of aryl methyl sites for hydroxylation is 2. The second-order valence-corrected chi connectivity index (χ2v) is 11.3. The van der Waals surface area contributed by atoms with Gasteiger partial charge in [0.1, 0.15) is 11.9 Å². The normalized spacial score (nSPS) is 18.1. The molecule has 2 aliphatic rings. The Morgan fingerprint density at radius 3 is 2.58 bits per heavy atom. The minimum absolute atomic E-state index is 0.0392. The zero-order chi connectivity index (χ0) is 25.1. The first-order valence-corrected chi connectivity index (χ1v) is 14.1. The maximum atomic E-state index is 13.0. The summed E-state index contributed by atoms with van der Waals surface area (Å²) in [7, 11) is -3.80. The molecular formula is C25H32N6O4S. The topological polar surface area (TPSA) is 134 Å². The van der Waals surface area contributed by atoms with Crippen molar-refractivity contribution in [2.24, 2.45) is 11.7 Å². The molecule has 2 aromatic carbocycles. The van der Waals surface area contributed by atoms with Gasteiger partial charge in [0, 0.05) is 18.8 Å². The maximum absolute atomic E-state index is 13.0. The SMILES string of the molecule is NCC1CCc2cc(S(=O)(=O)Nc3ccc(-n4nnn(CCCC5CCCC5)c4=O)cc3)ccc2O1. The molecular weight excluding hydrogens is 480 g/mol. The highest BCUT2D eigenvalue weighted by atomic mass is 32.2. The summed E-state index contributed by atoms with van der Waals surface area (Å²) in [5.74, 6) is 1.45. The molecule has 0 bridgehead atoms. The van der Waals surface area contributed by atoms with Crippen LogP contribution in [0, 0.1) is 5.92 Å². The van der Waals surface area contributed by atoms with E-state index >= 15 is 0 Å². The summed E-state index contributed by atoms with van der Waals surface area (Å²) in [6.07, 6.45) is 8.64. The van der Waals surface area contributed by atoms with Crippen LogP contribution in [0.4, 0.5) is 5.69 Å². The van der Waals surface area contributed by atoms with Gasteiger partial charge in [0.2, 0.25) is 0 Å². The number of hydrogen-bond acceptors (Lipinski definition) is 7. The van der Waals surface area contributed by atoms with Crippen LogP contribution in [-0.4, -0.2) is 40.9 Å². The van der Waals surface area contributed by atoms with Crippen LogP contribution in [0.5, 0.6) is 5.75 Å². The number of ether oxygens (including phenoxy) is 1. The van der Waals surface area contributed by atoms with Crippen molar-refractivity contribution < 1.29 is 13.2 Å². The number of anilines is 1. The Balaban J connectivity index is 1.24. The smallest absolute Gasteiger partial charge is 0.368 e. The second-order valence-electron chi connectivity index (χ2n) is 9.63. The van der Waals surface area contributed by atoms with E-state index in [2.05, 4.69) is 15.1 Å². The lowest BCUT2D eigenvalue weighted by Crippen LogP contribution is -2.30. The van der Waals surface area contributed by atoms with Crippen LogP contribution in [0.2, 0.25) is 0 Å². The number of aromatic nitrogens is 4. The van der Waals surface area contributed by atoms with E-state index in [-0.39, 0.29) is 16.7 Å². The fourth-order valence-electron chi connectivity index (χ4n) is 5.04. The summed E-state index contributed by atoms with van der Waals surface area (Å²) in [6, 6.07) is 11.3. The van der Waals surface area contributed by atoms with Crippen molar-refractivity contribution in [3.05, 3.63) is 58.5 Å². The predicted octanol–water partition coefficient (Wildman–Crippen LogP) is 2.85. The van der Waals surface area contributed by atoms with Crippen LogP contribution in [0.3, 0.4) is 0 Å². The van der Waals surface area contributed by atoms with Crippen LogP contribution in [0.1, 0.15) is 50.5 Å². The molecule has 0 saturated heterocycles. The van der Waals surface area contributed by atoms with Gasteiger partial charge < -0.3 is 10.5 Å². The number of fused-ring (bicyclic) bond motifs is 1. The summed E-state index contributed by atoms with van der Waals surface area (Å²) in [6.45, 7) is 0.978. The number of sulfonamides is 1. The van der Waals surface area contributed by atoms with Crippen LogP contribution >= 0.6 is 0 Å². The van der Waals surface area contributed by atoms with Crippen molar-refractivity contribution in [2.75, 3.05) is 11.3 Å².